The molecule has 0 radical (unpaired) electrons. The van der Waals surface area contributed by atoms with E-state index in [0.29, 0.717) is 10.7 Å². The van der Waals surface area contributed by atoms with E-state index < -0.39 is 0 Å². The Labute approximate surface area is 80.1 Å². The minimum atomic E-state index is 0.623. The Bertz CT molecular complexity index is 253. The molecule has 0 atom stereocenters. The smallest absolute Gasteiger partial charge is 0.217 e. The topological polar surface area (TPSA) is 41.6 Å². The van der Waals surface area contributed by atoms with Crippen LogP contribution >= 0.6 is 15.9 Å². The Morgan fingerprint density at radius 1 is 1.25 bits per heavy atom. The van der Waals surface area contributed by atoms with E-state index in [2.05, 4.69) is 31.1 Å². The molecule has 12 heavy (non-hydrogen) atoms. The highest BCUT2D eigenvalue weighted by molar-refractivity contribution is 9.10. The molecular formula is C8H12BrN3. The molecule has 0 spiro atoms. The van der Waals surface area contributed by atoms with E-state index >= 15 is 0 Å². The molecule has 1 heterocycles. The number of hydrogen-bond donors (Lipinski definition) is 1. The van der Waals surface area contributed by atoms with Crippen LogP contribution in [0.1, 0.15) is 43.8 Å². The summed E-state index contributed by atoms with van der Waals surface area (Å²) in [5.74, 6) is 1.68. The lowest BCUT2D eigenvalue weighted by Crippen LogP contribution is -2.06. The van der Waals surface area contributed by atoms with Crippen LogP contribution in [-0.4, -0.2) is 15.2 Å². The summed E-state index contributed by atoms with van der Waals surface area (Å²) in [5, 5.41) is 6.94. The van der Waals surface area contributed by atoms with Crippen molar-refractivity contribution >= 4 is 15.9 Å². The summed E-state index contributed by atoms with van der Waals surface area (Å²) in [4.78, 5) is 4.28. The molecule has 3 nitrogen and oxygen atoms in total. The molecule has 0 bridgehead atoms. The van der Waals surface area contributed by atoms with Crippen molar-refractivity contribution in [3.05, 3.63) is 10.6 Å². The maximum atomic E-state index is 4.28. The molecule has 1 aromatic heterocycles. The highest BCUT2D eigenvalue weighted by Crippen LogP contribution is 2.30. The van der Waals surface area contributed by atoms with Gasteiger partial charge in [-0.3, -0.25) is 5.10 Å². The van der Waals surface area contributed by atoms with Crippen LogP contribution in [-0.2, 0) is 0 Å². The molecule has 1 N–H and O–H groups in total. The van der Waals surface area contributed by atoms with Gasteiger partial charge in [0.2, 0.25) is 4.73 Å². The van der Waals surface area contributed by atoms with Gasteiger partial charge in [0.05, 0.1) is 0 Å². The molecular weight excluding hydrogens is 218 g/mol. The molecule has 0 aliphatic heterocycles. The summed E-state index contributed by atoms with van der Waals surface area (Å²) >= 11 is 3.25. The zero-order valence-corrected chi connectivity index (χ0v) is 8.47. The quantitative estimate of drug-likeness (QED) is 0.805. The average molecular weight is 230 g/mol. The van der Waals surface area contributed by atoms with Crippen LogP contribution in [0.15, 0.2) is 4.73 Å². The maximum Gasteiger partial charge on any atom is 0.217 e. The lowest BCUT2D eigenvalue weighted by molar-refractivity contribution is 0.429. The van der Waals surface area contributed by atoms with Crippen molar-refractivity contribution in [2.24, 2.45) is 0 Å². The second kappa shape index (κ2) is 3.56. The predicted octanol–water partition coefficient (Wildman–Crippen LogP) is 2.61. The minimum absolute atomic E-state index is 0.623. The first-order valence-electron chi connectivity index (χ1n) is 4.44. The van der Waals surface area contributed by atoms with Gasteiger partial charge in [-0.15, -0.1) is 5.10 Å². The van der Waals surface area contributed by atoms with Crippen molar-refractivity contribution in [2.75, 3.05) is 0 Å². The van der Waals surface area contributed by atoms with Crippen molar-refractivity contribution in [3.8, 4) is 0 Å². The van der Waals surface area contributed by atoms with Crippen molar-refractivity contribution < 1.29 is 0 Å². The fourth-order valence-electron chi connectivity index (χ4n) is 1.81. The molecule has 0 unspecified atom stereocenters. The van der Waals surface area contributed by atoms with Gasteiger partial charge < -0.3 is 0 Å². The van der Waals surface area contributed by atoms with Gasteiger partial charge in [0, 0.05) is 5.92 Å². The van der Waals surface area contributed by atoms with E-state index in [4.69, 9.17) is 0 Å². The van der Waals surface area contributed by atoms with E-state index in [9.17, 15) is 0 Å². The highest BCUT2D eigenvalue weighted by atomic mass is 79.9. The minimum Gasteiger partial charge on any atom is -0.262 e. The van der Waals surface area contributed by atoms with Crippen LogP contribution in [0.25, 0.3) is 0 Å². The van der Waals surface area contributed by atoms with Crippen LogP contribution in [0, 0.1) is 0 Å². The van der Waals surface area contributed by atoms with Gasteiger partial charge in [0.15, 0.2) is 0 Å². The van der Waals surface area contributed by atoms with E-state index in [0.717, 1.165) is 5.82 Å². The third-order valence-corrected chi connectivity index (χ3v) is 2.82. The summed E-state index contributed by atoms with van der Waals surface area (Å²) in [6.45, 7) is 0. The highest BCUT2D eigenvalue weighted by Gasteiger charge is 2.18. The summed E-state index contributed by atoms with van der Waals surface area (Å²) in [7, 11) is 0. The van der Waals surface area contributed by atoms with E-state index in [-0.39, 0.29) is 0 Å². The van der Waals surface area contributed by atoms with Gasteiger partial charge in [-0.1, -0.05) is 19.3 Å². The second-order valence-electron chi connectivity index (χ2n) is 3.32. The Hall–Kier alpha value is -0.380. The van der Waals surface area contributed by atoms with E-state index in [1.807, 2.05) is 0 Å². The lowest BCUT2D eigenvalue weighted by atomic mass is 9.89. The first kappa shape index (κ1) is 8.23. The second-order valence-corrected chi connectivity index (χ2v) is 4.03. The van der Waals surface area contributed by atoms with Crippen LogP contribution in [0.3, 0.4) is 0 Å². The van der Waals surface area contributed by atoms with Crippen LogP contribution in [0.4, 0.5) is 0 Å². The number of nitrogens with one attached hydrogen (secondary N) is 1. The fourth-order valence-corrected chi connectivity index (χ4v) is 2.09. The van der Waals surface area contributed by atoms with Gasteiger partial charge in [-0.05, 0) is 28.8 Å². The molecule has 1 saturated carbocycles. The Balaban J connectivity index is 2.08. The van der Waals surface area contributed by atoms with Crippen LogP contribution in [0.2, 0.25) is 0 Å². The van der Waals surface area contributed by atoms with Crippen molar-refractivity contribution in [1.29, 1.82) is 0 Å². The molecule has 1 aromatic rings. The largest absolute Gasteiger partial charge is 0.262 e. The van der Waals surface area contributed by atoms with E-state index in [1.54, 1.807) is 0 Å². The van der Waals surface area contributed by atoms with Crippen molar-refractivity contribution in [2.45, 2.75) is 38.0 Å². The molecule has 2 rings (SSSR count). The number of rotatable bonds is 1. The Morgan fingerprint density at radius 3 is 2.58 bits per heavy atom. The standard InChI is InChI=1S/C8H12BrN3/c9-8-10-7(11-12-8)6-4-2-1-3-5-6/h6H,1-5H2,(H,10,11,12). The Morgan fingerprint density at radius 2 is 2.00 bits per heavy atom. The third kappa shape index (κ3) is 1.68. The summed E-state index contributed by atoms with van der Waals surface area (Å²) < 4.78 is 0.683. The van der Waals surface area contributed by atoms with Gasteiger partial charge in [-0.2, -0.15) is 0 Å². The Kier molecular flexibility index (Phi) is 2.44. The summed E-state index contributed by atoms with van der Waals surface area (Å²) in [5.41, 5.74) is 0. The number of aromatic amines is 1. The summed E-state index contributed by atoms with van der Waals surface area (Å²) in [6.07, 6.45) is 6.58. The van der Waals surface area contributed by atoms with Crippen molar-refractivity contribution in [1.82, 2.24) is 15.2 Å². The van der Waals surface area contributed by atoms with Crippen LogP contribution < -0.4 is 0 Å². The first-order valence-corrected chi connectivity index (χ1v) is 5.23. The average Bonchev–Trinajstić information content (AvgIpc) is 2.54. The van der Waals surface area contributed by atoms with Crippen molar-refractivity contribution in [3.63, 3.8) is 0 Å². The lowest BCUT2D eigenvalue weighted by Gasteiger charge is -2.18. The SMILES string of the molecule is Brc1n[nH]c(C2CCCCC2)n1. The monoisotopic (exact) mass is 229 g/mol. The molecule has 0 amide bonds. The van der Waals surface area contributed by atoms with Gasteiger partial charge in [0.25, 0.3) is 0 Å². The molecule has 1 aliphatic rings. The third-order valence-electron chi connectivity index (χ3n) is 2.47. The summed E-state index contributed by atoms with van der Waals surface area (Å²) in [6, 6.07) is 0. The maximum absolute atomic E-state index is 4.28. The molecule has 1 aliphatic carbocycles. The van der Waals surface area contributed by atoms with Crippen LogP contribution in [0.5, 0.6) is 0 Å². The van der Waals surface area contributed by atoms with Gasteiger partial charge >= 0.3 is 0 Å². The predicted molar refractivity (Wildman–Crippen MR) is 49.9 cm³/mol. The number of hydrogen-bond acceptors (Lipinski definition) is 2. The van der Waals surface area contributed by atoms with Gasteiger partial charge in [0.1, 0.15) is 5.82 Å². The molecule has 0 saturated heterocycles. The molecule has 0 aromatic carbocycles. The zero-order chi connectivity index (χ0) is 8.39. The number of aromatic nitrogens is 3. The number of H-pyrrole nitrogens is 1. The van der Waals surface area contributed by atoms with E-state index in [1.165, 1.54) is 32.1 Å². The normalized spacial score (nSPS) is 19.8. The molecule has 4 heteroatoms. The number of nitrogens with zero attached hydrogens (tertiary/aromatic N) is 2. The molecule has 66 valence electrons. The zero-order valence-electron chi connectivity index (χ0n) is 6.89. The molecule has 1 fully saturated rings. The van der Waals surface area contributed by atoms with Gasteiger partial charge in [-0.25, -0.2) is 4.98 Å². The first-order chi connectivity index (χ1) is 5.86. The fraction of sp³-hybridized carbons (Fsp3) is 0.750. The number of halogens is 1.